The van der Waals surface area contributed by atoms with Crippen LogP contribution in [0.2, 0.25) is 5.02 Å². The van der Waals surface area contributed by atoms with Crippen molar-refractivity contribution in [3.63, 3.8) is 0 Å². The molecule has 0 radical (unpaired) electrons. The van der Waals surface area contributed by atoms with Crippen molar-refractivity contribution in [2.24, 2.45) is 5.92 Å². The van der Waals surface area contributed by atoms with Crippen LogP contribution in [0.5, 0.6) is 0 Å². The lowest BCUT2D eigenvalue weighted by atomic mass is 9.87. The Labute approximate surface area is 139 Å². The van der Waals surface area contributed by atoms with E-state index in [-0.39, 0.29) is 34.3 Å². The summed E-state index contributed by atoms with van der Waals surface area (Å²) in [7, 11) is 0. The first kappa shape index (κ1) is 17.2. The summed E-state index contributed by atoms with van der Waals surface area (Å²) >= 11 is 6.00. The van der Waals surface area contributed by atoms with Gasteiger partial charge in [-0.05, 0) is 26.2 Å². The third kappa shape index (κ3) is 3.13. The monoisotopic (exact) mass is 338 g/mol. The fraction of sp³-hybridized carbons (Fsp3) is 0.533. The standard InChI is InChI=1S/C15H19ClN4O3/c1-7-9(3)20(15(22)23)5-4-11(7)19-14(21)13-10(6-17)12(16)8(2)18-13/h7,9,11,18H,4-5H2,1-3H3,(H,19,21)(H,22,23)/t7-,9?,11-/m1/s1. The second kappa shape index (κ2) is 6.50. The first-order valence-electron chi connectivity index (χ1n) is 7.36. The molecule has 0 aromatic carbocycles. The number of nitrogens with one attached hydrogen (secondary N) is 2. The number of halogens is 1. The van der Waals surface area contributed by atoms with Gasteiger partial charge in [-0.1, -0.05) is 18.5 Å². The molecule has 1 aliphatic rings. The summed E-state index contributed by atoms with van der Waals surface area (Å²) in [6.07, 6.45) is -0.425. The predicted molar refractivity (Wildman–Crippen MR) is 84.5 cm³/mol. The van der Waals surface area contributed by atoms with Crippen LogP contribution in [0.3, 0.4) is 0 Å². The van der Waals surface area contributed by atoms with Crippen LogP contribution >= 0.6 is 11.6 Å². The molecule has 7 nitrogen and oxygen atoms in total. The topological polar surface area (TPSA) is 109 Å². The highest BCUT2D eigenvalue weighted by molar-refractivity contribution is 6.33. The van der Waals surface area contributed by atoms with Gasteiger partial charge in [0.1, 0.15) is 17.3 Å². The highest BCUT2D eigenvalue weighted by Crippen LogP contribution is 2.26. The number of aromatic amines is 1. The Morgan fingerprint density at radius 1 is 1.48 bits per heavy atom. The third-order valence-corrected chi connectivity index (χ3v) is 5.05. The van der Waals surface area contributed by atoms with E-state index in [0.717, 1.165) is 0 Å². The Morgan fingerprint density at radius 3 is 2.70 bits per heavy atom. The van der Waals surface area contributed by atoms with E-state index in [1.54, 1.807) is 6.92 Å². The molecule has 0 aliphatic carbocycles. The van der Waals surface area contributed by atoms with Gasteiger partial charge < -0.3 is 20.3 Å². The Balaban J connectivity index is 2.14. The molecule has 1 aromatic heterocycles. The summed E-state index contributed by atoms with van der Waals surface area (Å²) in [6, 6.07) is 1.57. The van der Waals surface area contributed by atoms with Crippen molar-refractivity contribution in [3.05, 3.63) is 22.0 Å². The van der Waals surface area contributed by atoms with E-state index in [2.05, 4.69) is 10.3 Å². The number of aryl methyl sites for hydroxylation is 1. The van der Waals surface area contributed by atoms with Gasteiger partial charge in [-0.15, -0.1) is 0 Å². The molecule has 1 unspecified atom stereocenters. The molecule has 0 saturated carbocycles. The SMILES string of the molecule is Cc1[nH]c(C(=O)N[C@@H]2CCN(C(=O)O)C(C)[C@H]2C)c(C#N)c1Cl. The highest BCUT2D eigenvalue weighted by Gasteiger charge is 2.36. The molecule has 23 heavy (non-hydrogen) atoms. The van der Waals surface area contributed by atoms with Crippen LogP contribution in [-0.4, -0.2) is 45.6 Å². The fourth-order valence-electron chi connectivity index (χ4n) is 2.96. The lowest BCUT2D eigenvalue weighted by Gasteiger charge is -2.41. The van der Waals surface area contributed by atoms with Gasteiger partial charge in [-0.25, -0.2) is 4.79 Å². The summed E-state index contributed by atoms with van der Waals surface area (Å²) in [5.41, 5.74) is 0.844. The molecular weight excluding hydrogens is 320 g/mol. The predicted octanol–water partition coefficient (Wildman–Crippen LogP) is 2.35. The van der Waals surface area contributed by atoms with Crippen molar-refractivity contribution in [1.29, 1.82) is 5.26 Å². The molecule has 1 saturated heterocycles. The smallest absolute Gasteiger partial charge is 0.407 e. The van der Waals surface area contributed by atoms with Gasteiger partial charge in [0.15, 0.2) is 0 Å². The molecule has 1 aliphatic heterocycles. The van der Waals surface area contributed by atoms with Gasteiger partial charge in [0.2, 0.25) is 0 Å². The number of piperidine rings is 1. The van der Waals surface area contributed by atoms with E-state index in [0.29, 0.717) is 18.7 Å². The van der Waals surface area contributed by atoms with E-state index in [1.807, 2.05) is 19.9 Å². The zero-order valence-corrected chi connectivity index (χ0v) is 13.9. The second-order valence-corrected chi connectivity index (χ2v) is 6.25. The zero-order valence-electron chi connectivity index (χ0n) is 13.2. The van der Waals surface area contributed by atoms with Crippen LogP contribution in [0.4, 0.5) is 4.79 Å². The maximum atomic E-state index is 12.4. The van der Waals surface area contributed by atoms with Crippen LogP contribution in [0.25, 0.3) is 0 Å². The number of aromatic nitrogens is 1. The summed E-state index contributed by atoms with van der Waals surface area (Å²) in [6.45, 7) is 5.79. The second-order valence-electron chi connectivity index (χ2n) is 5.87. The number of hydrogen-bond donors (Lipinski definition) is 3. The fourth-order valence-corrected chi connectivity index (χ4v) is 3.14. The molecule has 3 atom stereocenters. The first-order chi connectivity index (χ1) is 10.8. The molecule has 2 rings (SSSR count). The summed E-state index contributed by atoms with van der Waals surface area (Å²) < 4.78 is 0. The summed E-state index contributed by atoms with van der Waals surface area (Å²) in [5.74, 6) is -0.440. The van der Waals surface area contributed by atoms with Crippen molar-refractivity contribution in [1.82, 2.24) is 15.2 Å². The number of likely N-dealkylation sites (tertiary alicyclic amines) is 1. The van der Waals surface area contributed by atoms with E-state index in [4.69, 9.17) is 22.0 Å². The van der Waals surface area contributed by atoms with E-state index in [9.17, 15) is 9.59 Å². The maximum absolute atomic E-state index is 12.4. The van der Waals surface area contributed by atoms with Crippen molar-refractivity contribution in [2.45, 2.75) is 39.3 Å². The minimum atomic E-state index is -0.951. The van der Waals surface area contributed by atoms with Crippen LogP contribution in [0.15, 0.2) is 0 Å². The molecular formula is C15H19ClN4O3. The Kier molecular flexibility index (Phi) is 4.85. The molecule has 124 valence electrons. The van der Waals surface area contributed by atoms with Crippen molar-refractivity contribution in [2.75, 3.05) is 6.54 Å². The Morgan fingerprint density at radius 2 is 2.13 bits per heavy atom. The average Bonchev–Trinajstić information content (AvgIpc) is 2.79. The number of nitrogens with zero attached hydrogens (tertiary/aromatic N) is 2. The number of H-pyrrole nitrogens is 1. The third-order valence-electron chi connectivity index (χ3n) is 4.58. The van der Waals surface area contributed by atoms with Crippen LogP contribution in [-0.2, 0) is 0 Å². The normalized spacial score (nSPS) is 24.1. The maximum Gasteiger partial charge on any atom is 0.407 e. The molecule has 2 heterocycles. The zero-order chi connectivity index (χ0) is 17.3. The first-order valence-corrected chi connectivity index (χ1v) is 7.74. The molecule has 2 amide bonds. The van der Waals surface area contributed by atoms with Gasteiger partial charge in [-0.2, -0.15) is 5.26 Å². The van der Waals surface area contributed by atoms with Gasteiger partial charge >= 0.3 is 6.09 Å². The van der Waals surface area contributed by atoms with Crippen molar-refractivity contribution in [3.8, 4) is 6.07 Å². The molecule has 1 aromatic rings. The van der Waals surface area contributed by atoms with Crippen LogP contribution in [0, 0.1) is 24.2 Å². The van der Waals surface area contributed by atoms with E-state index >= 15 is 0 Å². The van der Waals surface area contributed by atoms with Crippen molar-refractivity contribution >= 4 is 23.6 Å². The molecule has 1 fully saturated rings. The number of carbonyl (C=O) groups excluding carboxylic acids is 1. The minimum absolute atomic E-state index is 0.0409. The summed E-state index contributed by atoms with van der Waals surface area (Å²) in [4.78, 5) is 27.8. The highest BCUT2D eigenvalue weighted by atomic mass is 35.5. The molecule has 0 spiro atoms. The van der Waals surface area contributed by atoms with Crippen LogP contribution in [0.1, 0.15) is 42.0 Å². The van der Waals surface area contributed by atoms with E-state index < -0.39 is 12.0 Å². The van der Waals surface area contributed by atoms with Crippen molar-refractivity contribution < 1.29 is 14.7 Å². The van der Waals surface area contributed by atoms with Gasteiger partial charge in [0.25, 0.3) is 5.91 Å². The lowest BCUT2D eigenvalue weighted by molar-refractivity contribution is 0.0673. The number of amides is 2. The number of carbonyl (C=O) groups is 2. The largest absolute Gasteiger partial charge is 0.465 e. The number of rotatable bonds is 2. The Hall–Kier alpha value is -2.20. The lowest BCUT2D eigenvalue weighted by Crippen LogP contribution is -2.55. The number of carboxylic acid groups (broad SMARTS) is 1. The van der Waals surface area contributed by atoms with Gasteiger partial charge in [0, 0.05) is 24.3 Å². The number of nitriles is 1. The Bertz CT molecular complexity index is 679. The van der Waals surface area contributed by atoms with Crippen LogP contribution < -0.4 is 5.32 Å². The van der Waals surface area contributed by atoms with E-state index in [1.165, 1.54) is 4.90 Å². The molecule has 0 bridgehead atoms. The van der Waals surface area contributed by atoms with Gasteiger partial charge in [-0.3, -0.25) is 4.79 Å². The minimum Gasteiger partial charge on any atom is -0.465 e. The quantitative estimate of drug-likeness (QED) is 0.768. The average molecular weight is 339 g/mol. The molecule has 8 heteroatoms. The molecule has 3 N–H and O–H groups in total. The summed E-state index contributed by atoms with van der Waals surface area (Å²) in [5, 5.41) is 21.4. The number of hydrogen-bond acceptors (Lipinski definition) is 3. The van der Waals surface area contributed by atoms with Gasteiger partial charge in [0.05, 0.1) is 5.02 Å².